The fourth-order valence-corrected chi connectivity index (χ4v) is 6.21. The Kier molecular flexibility index (Phi) is 8.54. The van der Waals surface area contributed by atoms with E-state index in [9.17, 15) is 14.7 Å². The fourth-order valence-electron chi connectivity index (χ4n) is 4.26. The zero-order valence-electron chi connectivity index (χ0n) is 21.8. The van der Waals surface area contributed by atoms with Gasteiger partial charge in [0, 0.05) is 16.3 Å². The van der Waals surface area contributed by atoms with Crippen molar-refractivity contribution in [2.24, 2.45) is 0 Å². The number of aryl methyl sites for hydroxylation is 1. The van der Waals surface area contributed by atoms with Crippen molar-refractivity contribution >= 4 is 57.3 Å². The number of thioether (sulfide) groups is 1. The van der Waals surface area contributed by atoms with E-state index in [2.05, 4.69) is 10.2 Å². The summed E-state index contributed by atoms with van der Waals surface area (Å²) < 4.78 is 6.29. The molecule has 1 saturated heterocycles. The molecule has 0 saturated carbocycles. The molecular formula is C30H26ClN3O4S2. The summed E-state index contributed by atoms with van der Waals surface area (Å²) in [6.07, 6.45) is 0.870. The normalized spacial score (nSPS) is 16.5. The van der Waals surface area contributed by atoms with Crippen LogP contribution >= 0.6 is 34.7 Å². The van der Waals surface area contributed by atoms with Crippen molar-refractivity contribution in [3.05, 3.63) is 106 Å². The highest BCUT2D eigenvalue weighted by atomic mass is 35.5. The lowest BCUT2D eigenvalue weighted by Crippen LogP contribution is -2.29. The summed E-state index contributed by atoms with van der Waals surface area (Å²) in [6, 6.07) is 21.0. The van der Waals surface area contributed by atoms with Gasteiger partial charge in [0.05, 0.1) is 18.2 Å². The molecule has 204 valence electrons. The number of amides is 1. The van der Waals surface area contributed by atoms with Crippen molar-refractivity contribution in [1.29, 1.82) is 0 Å². The molecule has 1 atom stereocenters. The summed E-state index contributed by atoms with van der Waals surface area (Å²) >= 11 is 8.68. The van der Waals surface area contributed by atoms with Gasteiger partial charge in [-0.1, -0.05) is 83.6 Å². The highest BCUT2D eigenvalue weighted by Gasteiger charge is 2.48. The molecule has 1 aliphatic heterocycles. The lowest BCUT2D eigenvalue weighted by atomic mass is 9.95. The Morgan fingerprint density at radius 2 is 1.73 bits per heavy atom. The molecule has 5 rings (SSSR count). The second kappa shape index (κ2) is 12.2. The number of carbonyl (C=O) groups is 2. The maximum absolute atomic E-state index is 13.4. The highest BCUT2D eigenvalue weighted by molar-refractivity contribution is 8.00. The number of benzene rings is 3. The third-order valence-corrected chi connectivity index (χ3v) is 8.69. The molecule has 0 aliphatic carbocycles. The molecular weight excluding hydrogens is 566 g/mol. The van der Waals surface area contributed by atoms with E-state index in [0.717, 1.165) is 17.5 Å². The summed E-state index contributed by atoms with van der Waals surface area (Å²) in [5.74, 6) is -0.494. The van der Waals surface area contributed by atoms with Crippen LogP contribution in [-0.2, 0) is 15.3 Å². The third-order valence-electron chi connectivity index (χ3n) is 6.32. The van der Waals surface area contributed by atoms with Crippen molar-refractivity contribution < 1.29 is 19.4 Å². The number of ether oxygens (including phenoxy) is 1. The van der Waals surface area contributed by atoms with Gasteiger partial charge in [-0.25, -0.2) is 0 Å². The molecule has 1 N–H and O–H groups in total. The number of anilines is 1. The number of Topliss-reactive ketones (excluding diaryl/α,β-unsaturated/α-hetero) is 1. The van der Waals surface area contributed by atoms with Crippen LogP contribution in [0.3, 0.4) is 0 Å². The lowest BCUT2D eigenvalue weighted by Gasteiger charge is -2.22. The molecule has 40 heavy (non-hydrogen) atoms. The molecule has 2 heterocycles. The molecule has 0 bridgehead atoms. The van der Waals surface area contributed by atoms with E-state index in [4.69, 9.17) is 16.3 Å². The molecule has 3 aromatic carbocycles. The van der Waals surface area contributed by atoms with Gasteiger partial charge in [-0.3, -0.25) is 14.5 Å². The van der Waals surface area contributed by atoms with Crippen molar-refractivity contribution in [3.8, 4) is 5.75 Å². The number of hydrogen-bond acceptors (Lipinski definition) is 8. The van der Waals surface area contributed by atoms with Gasteiger partial charge in [0.15, 0.2) is 4.34 Å². The third kappa shape index (κ3) is 5.91. The first-order valence-corrected chi connectivity index (χ1v) is 14.8. The second-order valence-corrected chi connectivity index (χ2v) is 11.8. The number of hydrogen-bond donors (Lipinski definition) is 1. The Morgan fingerprint density at radius 1 is 1.02 bits per heavy atom. The molecule has 0 radical (unpaired) electrons. The average Bonchev–Trinajstić information content (AvgIpc) is 3.54. The molecule has 1 amide bonds. The molecule has 0 spiro atoms. The zero-order valence-corrected chi connectivity index (χ0v) is 24.2. The molecule has 10 heteroatoms. The van der Waals surface area contributed by atoms with Crippen LogP contribution < -0.4 is 9.64 Å². The van der Waals surface area contributed by atoms with Gasteiger partial charge in [-0.05, 0) is 60.9 Å². The number of halogens is 1. The molecule has 1 aromatic heterocycles. The first-order chi connectivity index (χ1) is 19.4. The quantitative estimate of drug-likeness (QED) is 0.0723. The minimum Gasteiger partial charge on any atom is -0.507 e. The number of rotatable bonds is 9. The van der Waals surface area contributed by atoms with Gasteiger partial charge < -0.3 is 9.84 Å². The van der Waals surface area contributed by atoms with Gasteiger partial charge in [-0.2, -0.15) is 0 Å². The summed E-state index contributed by atoms with van der Waals surface area (Å²) in [4.78, 5) is 28.2. The van der Waals surface area contributed by atoms with Crippen LogP contribution in [0.15, 0.2) is 82.7 Å². The number of aromatic nitrogens is 2. The predicted molar refractivity (Wildman–Crippen MR) is 159 cm³/mol. The monoisotopic (exact) mass is 591 g/mol. The van der Waals surface area contributed by atoms with Gasteiger partial charge >= 0.3 is 5.91 Å². The van der Waals surface area contributed by atoms with Crippen LogP contribution in [-0.4, -0.2) is 33.6 Å². The Balaban J connectivity index is 1.49. The van der Waals surface area contributed by atoms with E-state index >= 15 is 0 Å². The van der Waals surface area contributed by atoms with E-state index in [1.165, 1.54) is 28.0 Å². The van der Waals surface area contributed by atoms with Crippen LogP contribution in [0.25, 0.3) is 5.76 Å². The summed E-state index contributed by atoms with van der Waals surface area (Å²) in [5.41, 5.74) is 3.19. The van der Waals surface area contributed by atoms with E-state index < -0.39 is 17.7 Å². The van der Waals surface area contributed by atoms with Gasteiger partial charge in [0.25, 0.3) is 5.78 Å². The molecule has 1 fully saturated rings. The van der Waals surface area contributed by atoms with Crippen molar-refractivity contribution in [1.82, 2.24) is 10.2 Å². The van der Waals surface area contributed by atoms with E-state index in [1.54, 1.807) is 24.3 Å². The average molecular weight is 592 g/mol. The minimum absolute atomic E-state index is 0.00152. The van der Waals surface area contributed by atoms with E-state index in [-0.39, 0.29) is 16.5 Å². The zero-order chi connectivity index (χ0) is 28.2. The van der Waals surface area contributed by atoms with Crippen LogP contribution in [0.5, 0.6) is 5.75 Å². The maximum Gasteiger partial charge on any atom is 0.301 e. The van der Waals surface area contributed by atoms with Gasteiger partial charge in [0.2, 0.25) is 5.13 Å². The van der Waals surface area contributed by atoms with Crippen LogP contribution in [0.2, 0.25) is 5.02 Å². The summed E-state index contributed by atoms with van der Waals surface area (Å²) in [6.45, 7) is 4.55. The first kappa shape index (κ1) is 27.9. The van der Waals surface area contributed by atoms with Crippen molar-refractivity contribution in [3.63, 3.8) is 0 Å². The number of carbonyl (C=O) groups excluding carboxylic acids is 2. The lowest BCUT2D eigenvalue weighted by molar-refractivity contribution is -0.132. The second-order valence-electron chi connectivity index (χ2n) is 9.22. The molecule has 4 aromatic rings. The summed E-state index contributed by atoms with van der Waals surface area (Å²) in [5, 5.41) is 20.8. The standard InChI is InChI=1S/C30H26ClN3O4S2/c1-3-16-38-23-14-10-21(11-15-23)26(35)24-25(20-8-4-18(2)5-9-20)34(28(37)27(24)36)29-32-33-30(40-29)39-17-19-6-12-22(31)13-7-19/h4-15,25,35H,3,16-17H2,1-2H3/b26-24-. The van der Waals surface area contributed by atoms with Crippen molar-refractivity contribution in [2.75, 3.05) is 11.5 Å². The predicted octanol–water partition coefficient (Wildman–Crippen LogP) is 7.21. The largest absolute Gasteiger partial charge is 0.507 e. The SMILES string of the molecule is CCCOc1ccc(/C(O)=C2/C(=O)C(=O)N(c3nnc(SCc4ccc(Cl)cc4)s3)C2c2ccc(C)cc2)cc1. The number of ketones is 1. The van der Waals surface area contributed by atoms with E-state index in [1.807, 2.05) is 62.4 Å². The van der Waals surface area contributed by atoms with Gasteiger partial charge in [0.1, 0.15) is 11.5 Å². The Hall–Kier alpha value is -3.66. The fraction of sp³-hybridized carbons (Fsp3) is 0.200. The Labute approximate surface area is 245 Å². The smallest absolute Gasteiger partial charge is 0.301 e. The van der Waals surface area contributed by atoms with Crippen LogP contribution in [0, 0.1) is 6.92 Å². The number of nitrogens with zero attached hydrogens (tertiary/aromatic N) is 3. The first-order valence-electron chi connectivity index (χ1n) is 12.7. The molecule has 1 unspecified atom stereocenters. The maximum atomic E-state index is 13.4. The van der Waals surface area contributed by atoms with E-state index in [0.29, 0.717) is 38.6 Å². The Bertz CT molecular complexity index is 1550. The topological polar surface area (TPSA) is 92.6 Å². The number of aliphatic hydroxyl groups is 1. The minimum atomic E-state index is -0.862. The highest BCUT2D eigenvalue weighted by Crippen LogP contribution is 2.44. The van der Waals surface area contributed by atoms with Gasteiger partial charge in [-0.15, -0.1) is 10.2 Å². The van der Waals surface area contributed by atoms with Crippen molar-refractivity contribution in [2.45, 2.75) is 36.4 Å². The number of aliphatic hydroxyl groups excluding tert-OH is 1. The van der Waals surface area contributed by atoms with Crippen LogP contribution in [0.1, 0.15) is 41.6 Å². The molecule has 7 nitrogen and oxygen atoms in total. The Morgan fingerprint density at radius 3 is 2.40 bits per heavy atom. The summed E-state index contributed by atoms with van der Waals surface area (Å²) in [7, 11) is 0. The van der Waals surface area contributed by atoms with Crippen LogP contribution in [0.4, 0.5) is 5.13 Å². The molecule has 1 aliphatic rings.